The predicted octanol–water partition coefficient (Wildman–Crippen LogP) is 2.23. The molecule has 23 heavy (non-hydrogen) atoms. The maximum absolute atomic E-state index is 12.9. The van der Waals surface area contributed by atoms with E-state index in [1.807, 2.05) is 0 Å². The van der Waals surface area contributed by atoms with Crippen LogP contribution in [0.1, 0.15) is 24.7 Å². The number of piperidine rings is 1. The number of benzene rings is 1. The van der Waals surface area contributed by atoms with E-state index in [0.717, 1.165) is 12.8 Å². The molecule has 1 amide bonds. The lowest BCUT2D eigenvalue weighted by Crippen LogP contribution is -2.39. The number of carbonyl (C=O) groups is 1. The summed E-state index contributed by atoms with van der Waals surface area (Å²) in [5, 5.41) is 8.14. The molecule has 0 N–H and O–H groups in total. The highest BCUT2D eigenvalue weighted by Crippen LogP contribution is 2.29. The number of likely N-dealkylation sites (tertiary alicyclic amines) is 1. The van der Waals surface area contributed by atoms with Crippen molar-refractivity contribution < 1.29 is 18.3 Å². The molecule has 2 heterocycles. The van der Waals surface area contributed by atoms with Crippen LogP contribution in [-0.4, -0.2) is 47.8 Å². The van der Waals surface area contributed by atoms with Crippen molar-refractivity contribution in [3.8, 4) is 11.5 Å². The monoisotopic (exact) mass is 319 g/mol. The molecule has 1 fully saturated rings. The Bertz CT molecular complexity index is 663. The van der Waals surface area contributed by atoms with Crippen molar-refractivity contribution in [2.24, 2.45) is 0 Å². The average molecular weight is 319 g/mol. The van der Waals surface area contributed by atoms with Gasteiger partial charge in [0.15, 0.2) is 0 Å². The fourth-order valence-electron chi connectivity index (χ4n) is 2.70. The van der Waals surface area contributed by atoms with Gasteiger partial charge in [-0.15, -0.1) is 10.2 Å². The molecule has 0 saturated carbocycles. The van der Waals surface area contributed by atoms with Gasteiger partial charge in [0.05, 0.1) is 0 Å². The van der Waals surface area contributed by atoms with E-state index in [-0.39, 0.29) is 24.2 Å². The van der Waals surface area contributed by atoms with Crippen LogP contribution in [0, 0.1) is 5.82 Å². The van der Waals surface area contributed by atoms with Crippen molar-refractivity contribution in [1.29, 1.82) is 0 Å². The van der Waals surface area contributed by atoms with Gasteiger partial charge in [0, 0.05) is 31.7 Å². The molecule has 7 heteroatoms. The molecule has 1 aliphatic heterocycles. The van der Waals surface area contributed by atoms with Gasteiger partial charge in [-0.1, -0.05) is 0 Å². The van der Waals surface area contributed by atoms with Crippen molar-refractivity contribution >= 4 is 5.91 Å². The third-order valence-electron chi connectivity index (χ3n) is 4.00. The van der Waals surface area contributed by atoms with E-state index in [1.165, 1.54) is 19.2 Å². The largest absolute Gasteiger partial charge is 0.420 e. The molecule has 0 aliphatic carbocycles. The summed E-state index contributed by atoms with van der Waals surface area (Å²) >= 11 is 0. The number of hydrogen-bond donors (Lipinski definition) is 0. The minimum absolute atomic E-state index is 0.00322. The van der Waals surface area contributed by atoms with Gasteiger partial charge >= 0.3 is 0 Å². The summed E-state index contributed by atoms with van der Waals surface area (Å²) in [5.41, 5.74) is 0.692. The second-order valence-electron chi connectivity index (χ2n) is 5.54. The lowest BCUT2D eigenvalue weighted by molar-refractivity contribution is -0.136. The van der Waals surface area contributed by atoms with Crippen LogP contribution < -0.4 is 0 Å². The fourth-order valence-corrected chi connectivity index (χ4v) is 2.70. The van der Waals surface area contributed by atoms with Gasteiger partial charge in [-0.3, -0.25) is 4.79 Å². The van der Waals surface area contributed by atoms with Crippen LogP contribution in [0.25, 0.3) is 11.5 Å². The second-order valence-corrected chi connectivity index (χ2v) is 5.54. The summed E-state index contributed by atoms with van der Waals surface area (Å²) in [6.07, 6.45) is 1.56. The van der Waals surface area contributed by atoms with Gasteiger partial charge in [0.2, 0.25) is 17.7 Å². The molecule has 0 spiro atoms. The minimum atomic E-state index is -0.304. The van der Waals surface area contributed by atoms with Crippen LogP contribution in [0.3, 0.4) is 0 Å². The Morgan fingerprint density at radius 3 is 2.65 bits per heavy atom. The number of nitrogens with zero attached hydrogens (tertiary/aromatic N) is 3. The molecule has 2 aromatic rings. The molecular formula is C16H18FN3O3. The molecule has 0 unspecified atom stereocenters. The molecule has 6 nitrogen and oxygen atoms in total. The summed E-state index contributed by atoms with van der Waals surface area (Å²) in [6, 6.07) is 5.94. The summed E-state index contributed by atoms with van der Waals surface area (Å²) in [6.45, 7) is 1.42. The quantitative estimate of drug-likeness (QED) is 0.864. The molecule has 122 valence electrons. The first-order valence-electron chi connectivity index (χ1n) is 7.53. The number of methoxy groups -OCH3 is 1. The number of aromatic nitrogens is 2. The molecule has 0 bridgehead atoms. The van der Waals surface area contributed by atoms with Gasteiger partial charge in [0.1, 0.15) is 12.4 Å². The highest BCUT2D eigenvalue weighted by atomic mass is 19.1. The van der Waals surface area contributed by atoms with Gasteiger partial charge in [-0.25, -0.2) is 4.39 Å². The summed E-state index contributed by atoms with van der Waals surface area (Å²) < 4.78 is 23.5. The Morgan fingerprint density at radius 1 is 1.30 bits per heavy atom. The second kappa shape index (κ2) is 6.87. The molecule has 1 saturated heterocycles. The van der Waals surface area contributed by atoms with Crippen molar-refractivity contribution in [2.45, 2.75) is 18.8 Å². The third-order valence-corrected chi connectivity index (χ3v) is 4.00. The third kappa shape index (κ3) is 3.56. The zero-order valence-electron chi connectivity index (χ0n) is 12.9. The van der Waals surface area contributed by atoms with Crippen LogP contribution in [0.4, 0.5) is 4.39 Å². The minimum Gasteiger partial charge on any atom is -0.420 e. The van der Waals surface area contributed by atoms with E-state index in [2.05, 4.69) is 10.2 Å². The Labute approximate surface area is 133 Å². The Balaban J connectivity index is 1.63. The molecule has 1 aromatic heterocycles. The molecule has 1 aromatic carbocycles. The number of amides is 1. The maximum atomic E-state index is 12.9. The predicted molar refractivity (Wildman–Crippen MR) is 80.1 cm³/mol. The van der Waals surface area contributed by atoms with Crippen LogP contribution in [0.2, 0.25) is 0 Å². The number of carbonyl (C=O) groups excluding carboxylic acids is 1. The van der Waals surface area contributed by atoms with Gasteiger partial charge in [-0.05, 0) is 37.1 Å². The van der Waals surface area contributed by atoms with Crippen LogP contribution in [0.15, 0.2) is 28.7 Å². The topological polar surface area (TPSA) is 68.5 Å². The van der Waals surface area contributed by atoms with Gasteiger partial charge < -0.3 is 14.1 Å². The summed E-state index contributed by atoms with van der Waals surface area (Å²) in [7, 11) is 1.51. The van der Waals surface area contributed by atoms with Crippen LogP contribution in [-0.2, 0) is 9.53 Å². The van der Waals surface area contributed by atoms with Crippen LogP contribution in [0.5, 0.6) is 0 Å². The molecule has 1 aliphatic rings. The fraction of sp³-hybridized carbons (Fsp3) is 0.438. The van der Waals surface area contributed by atoms with Gasteiger partial charge in [0.25, 0.3) is 0 Å². The summed E-state index contributed by atoms with van der Waals surface area (Å²) in [4.78, 5) is 13.6. The van der Waals surface area contributed by atoms with E-state index in [0.29, 0.717) is 30.4 Å². The zero-order chi connectivity index (χ0) is 16.2. The van der Waals surface area contributed by atoms with Crippen molar-refractivity contribution in [3.63, 3.8) is 0 Å². The smallest absolute Gasteiger partial charge is 0.248 e. The first-order chi connectivity index (χ1) is 11.2. The molecule has 0 radical (unpaired) electrons. The SMILES string of the molecule is COCC(=O)N1CCC(c2nnc(-c3ccc(F)cc3)o2)CC1. The van der Waals surface area contributed by atoms with Crippen LogP contribution >= 0.6 is 0 Å². The number of halogens is 1. The molecular weight excluding hydrogens is 301 g/mol. The standard InChI is InChI=1S/C16H18FN3O3/c1-22-10-14(21)20-8-6-12(7-9-20)16-19-18-15(23-16)11-2-4-13(17)5-3-11/h2-5,12H,6-10H2,1H3. The normalized spacial score (nSPS) is 15.8. The maximum Gasteiger partial charge on any atom is 0.248 e. The van der Waals surface area contributed by atoms with Gasteiger partial charge in [-0.2, -0.15) is 0 Å². The van der Waals surface area contributed by atoms with E-state index >= 15 is 0 Å². The first-order valence-corrected chi connectivity index (χ1v) is 7.53. The van der Waals surface area contributed by atoms with E-state index < -0.39 is 0 Å². The van der Waals surface area contributed by atoms with E-state index in [1.54, 1.807) is 17.0 Å². The van der Waals surface area contributed by atoms with Crippen molar-refractivity contribution in [1.82, 2.24) is 15.1 Å². The Morgan fingerprint density at radius 2 is 2.00 bits per heavy atom. The lowest BCUT2D eigenvalue weighted by atomic mass is 9.97. The lowest BCUT2D eigenvalue weighted by Gasteiger charge is -2.30. The number of rotatable bonds is 4. The zero-order valence-corrected chi connectivity index (χ0v) is 12.9. The first kappa shape index (κ1) is 15.6. The number of ether oxygens (including phenoxy) is 1. The highest BCUT2D eigenvalue weighted by Gasteiger charge is 2.27. The molecule has 3 rings (SSSR count). The average Bonchev–Trinajstić information content (AvgIpc) is 3.06. The highest BCUT2D eigenvalue weighted by molar-refractivity contribution is 5.77. The van der Waals surface area contributed by atoms with Crippen molar-refractivity contribution in [2.75, 3.05) is 26.8 Å². The van der Waals surface area contributed by atoms with Crippen molar-refractivity contribution in [3.05, 3.63) is 36.0 Å². The Hall–Kier alpha value is -2.28. The van der Waals surface area contributed by atoms with E-state index in [9.17, 15) is 9.18 Å². The van der Waals surface area contributed by atoms with E-state index in [4.69, 9.17) is 9.15 Å². The Kier molecular flexibility index (Phi) is 4.66. The number of hydrogen-bond acceptors (Lipinski definition) is 5. The molecule has 0 atom stereocenters. The summed E-state index contributed by atoms with van der Waals surface area (Å²) in [5.74, 6) is 0.800.